The average Bonchev–Trinajstić information content (AvgIpc) is 3.02. The van der Waals surface area contributed by atoms with Gasteiger partial charge in [0.1, 0.15) is 5.75 Å². The summed E-state index contributed by atoms with van der Waals surface area (Å²) in [6.07, 6.45) is 2.21. The third-order valence-electron chi connectivity index (χ3n) is 4.98. The van der Waals surface area contributed by atoms with Crippen LogP contribution in [0, 0.1) is 6.92 Å². The summed E-state index contributed by atoms with van der Waals surface area (Å²) < 4.78 is 5.34. The van der Waals surface area contributed by atoms with Gasteiger partial charge in [-0.25, -0.2) is 0 Å². The minimum atomic E-state index is 0.892. The lowest BCUT2D eigenvalue weighted by Gasteiger charge is -2.13. The van der Waals surface area contributed by atoms with Gasteiger partial charge in [-0.3, -0.25) is 0 Å². The standard InChI is InChI=1S/C23H23NO/c1-4-6-16-11-14-20-23(21-15(2)7-5-8-19(21)24-20)22(16)17-9-12-18(25-3)13-10-17/h5,7-14,24H,4,6H2,1-3H3. The first-order valence-corrected chi connectivity index (χ1v) is 8.90. The molecule has 0 aliphatic rings. The minimum absolute atomic E-state index is 0.892. The van der Waals surface area contributed by atoms with Crippen molar-refractivity contribution in [1.29, 1.82) is 0 Å². The number of aryl methyl sites for hydroxylation is 2. The summed E-state index contributed by atoms with van der Waals surface area (Å²) in [5, 5.41) is 2.67. The molecule has 2 nitrogen and oxygen atoms in total. The lowest BCUT2D eigenvalue weighted by molar-refractivity contribution is 0.415. The Hall–Kier alpha value is -2.74. The third kappa shape index (κ3) is 2.58. The van der Waals surface area contributed by atoms with E-state index in [-0.39, 0.29) is 0 Å². The summed E-state index contributed by atoms with van der Waals surface area (Å²) in [4.78, 5) is 3.60. The lowest BCUT2D eigenvalue weighted by atomic mass is 9.91. The maximum atomic E-state index is 5.34. The van der Waals surface area contributed by atoms with Crippen LogP contribution in [0.4, 0.5) is 0 Å². The fraction of sp³-hybridized carbons (Fsp3) is 0.217. The highest BCUT2D eigenvalue weighted by Crippen LogP contribution is 2.39. The van der Waals surface area contributed by atoms with Gasteiger partial charge in [-0.2, -0.15) is 0 Å². The van der Waals surface area contributed by atoms with Crippen molar-refractivity contribution >= 4 is 21.8 Å². The summed E-state index contributed by atoms with van der Waals surface area (Å²) in [6.45, 7) is 4.43. The van der Waals surface area contributed by atoms with E-state index in [0.29, 0.717) is 0 Å². The lowest BCUT2D eigenvalue weighted by Crippen LogP contribution is -1.92. The molecule has 1 N–H and O–H groups in total. The number of hydrogen-bond acceptors (Lipinski definition) is 1. The van der Waals surface area contributed by atoms with Gasteiger partial charge in [0.2, 0.25) is 0 Å². The Morgan fingerprint density at radius 2 is 1.64 bits per heavy atom. The Morgan fingerprint density at radius 3 is 2.36 bits per heavy atom. The number of aromatic nitrogens is 1. The van der Waals surface area contributed by atoms with Crippen molar-refractivity contribution in [3.05, 3.63) is 65.7 Å². The monoisotopic (exact) mass is 329 g/mol. The van der Waals surface area contributed by atoms with Crippen LogP contribution in [0.5, 0.6) is 5.75 Å². The van der Waals surface area contributed by atoms with E-state index in [9.17, 15) is 0 Å². The fourth-order valence-corrected chi connectivity index (χ4v) is 3.82. The molecule has 0 aliphatic heterocycles. The predicted octanol–water partition coefficient (Wildman–Crippen LogP) is 6.26. The number of nitrogens with one attached hydrogen (secondary N) is 1. The van der Waals surface area contributed by atoms with Gasteiger partial charge in [0.25, 0.3) is 0 Å². The summed E-state index contributed by atoms with van der Waals surface area (Å²) in [7, 11) is 1.71. The zero-order chi connectivity index (χ0) is 17.4. The summed E-state index contributed by atoms with van der Waals surface area (Å²) in [5.74, 6) is 0.892. The second-order valence-electron chi connectivity index (χ2n) is 6.62. The van der Waals surface area contributed by atoms with E-state index >= 15 is 0 Å². The summed E-state index contributed by atoms with van der Waals surface area (Å²) in [6, 6.07) is 19.4. The Morgan fingerprint density at radius 1 is 0.880 bits per heavy atom. The number of ether oxygens (including phenoxy) is 1. The van der Waals surface area contributed by atoms with Crippen molar-refractivity contribution in [3.63, 3.8) is 0 Å². The van der Waals surface area contributed by atoms with E-state index in [1.165, 1.54) is 44.1 Å². The number of methoxy groups -OCH3 is 1. The number of hydrogen-bond donors (Lipinski definition) is 1. The van der Waals surface area contributed by atoms with Crippen LogP contribution in [-0.2, 0) is 6.42 Å². The summed E-state index contributed by atoms with van der Waals surface area (Å²) >= 11 is 0. The van der Waals surface area contributed by atoms with Gasteiger partial charge in [0, 0.05) is 21.8 Å². The zero-order valence-electron chi connectivity index (χ0n) is 15.0. The molecule has 0 spiro atoms. The first kappa shape index (κ1) is 15.8. The summed E-state index contributed by atoms with van der Waals surface area (Å²) in [5.41, 5.74) is 7.73. The highest BCUT2D eigenvalue weighted by atomic mass is 16.5. The Labute approximate surface area is 148 Å². The molecule has 4 aromatic rings. The molecule has 1 heterocycles. The molecule has 0 amide bonds. The second kappa shape index (κ2) is 6.29. The molecule has 25 heavy (non-hydrogen) atoms. The van der Waals surface area contributed by atoms with E-state index in [2.05, 4.69) is 61.3 Å². The number of fused-ring (bicyclic) bond motifs is 3. The van der Waals surface area contributed by atoms with Crippen LogP contribution < -0.4 is 4.74 Å². The van der Waals surface area contributed by atoms with E-state index in [4.69, 9.17) is 4.74 Å². The maximum absolute atomic E-state index is 5.34. The van der Waals surface area contributed by atoms with Crippen LogP contribution in [0.25, 0.3) is 32.9 Å². The smallest absolute Gasteiger partial charge is 0.118 e. The molecule has 0 unspecified atom stereocenters. The van der Waals surface area contributed by atoms with Crippen LogP contribution in [0.1, 0.15) is 24.5 Å². The highest BCUT2D eigenvalue weighted by molar-refractivity contribution is 6.16. The van der Waals surface area contributed by atoms with E-state index in [1.54, 1.807) is 7.11 Å². The molecule has 126 valence electrons. The SMILES string of the molecule is CCCc1ccc2[nH]c3cccc(C)c3c2c1-c1ccc(OC)cc1. The normalized spacial score (nSPS) is 11.3. The molecule has 0 saturated heterocycles. The van der Waals surface area contributed by atoms with Gasteiger partial charge in [-0.15, -0.1) is 0 Å². The van der Waals surface area contributed by atoms with E-state index < -0.39 is 0 Å². The molecule has 0 aliphatic carbocycles. The van der Waals surface area contributed by atoms with Crippen molar-refractivity contribution in [1.82, 2.24) is 4.98 Å². The van der Waals surface area contributed by atoms with Gasteiger partial charge in [0.05, 0.1) is 7.11 Å². The van der Waals surface area contributed by atoms with Crippen molar-refractivity contribution < 1.29 is 4.74 Å². The van der Waals surface area contributed by atoms with Crippen LogP contribution in [0.3, 0.4) is 0 Å². The van der Waals surface area contributed by atoms with Gasteiger partial charge in [0.15, 0.2) is 0 Å². The van der Waals surface area contributed by atoms with Crippen LogP contribution in [0.15, 0.2) is 54.6 Å². The first-order valence-electron chi connectivity index (χ1n) is 8.90. The average molecular weight is 329 g/mol. The molecular formula is C23H23NO. The molecule has 0 fully saturated rings. The molecule has 3 aromatic carbocycles. The Balaban J connectivity index is 2.10. The maximum Gasteiger partial charge on any atom is 0.118 e. The molecular weight excluding hydrogens is 306 g/mol. The minimum Gasteiger partial charge on any atom is -0.497 e. The first-order chi connectivity index (χ1) is 12.2. The fourth-order valence-electron chi connectivity index (χ4n) is 3.82. The molecule has 0 saturated carbocycles. The molecule has 1 aromatic heterocycles. The number of rotatable bonds is 4. The largest absolute Gasteiger partial charge is 0.497 e. The Bertz CT molecular complexity index is 1040. The number of benzene rings is 3. The number of aromatic amines is 1. The molecule has 4 rings (SSSR count). The van der Waals surface area contributed by atoms with Gasteiger partial charge >= 0.3 is 0 Å². The second-order valence-corrected chi connectivity index (χ2v) is 6.62. The van der Waals surface area contributed by atoms with Crippen LogP contribution in [-0.4, -0.2) is 12.1 Å². The van der Waals surface area contributed by atoms with Gasteiger partial charge < -0.3 is 9.72 Å². The van der Waals surface area contributed by atoms with E-state index in [0.717, 1.165) is 18.6 Å². The van der Waals surface area contributed by atoms with Crippen LogP contribution in [0.2, 0.25) is 0 Å². The predicted molar refractivity (Wildman–Crippen MR) is 107 cm³/mol. The molecule has 0 bridgehead atoms. The van der Waals surface area contributed by atoms with E-state index in [1.807, 2.05) is 12.1 Å². The van der Waals surface area contributed by atoms with Gasteiger partial charge in [-0.05, 0) is 59.9 Å². The van der Waals surface area contributed by atoms with Crippen molar-refractivity contribution in [2.24, 2.45) is 0 Å². The van der Waals surface area contributed by atoms with Crippen molar-refractivity contribution in [3.8, 4) is 16.9 Å². The topological polar surface area (TPSA) is 25.0 Å². The van der Waals surface area contributed by atoms with Crippen molar-refractivity contribution in [2.45, 2.75) is 26.7 Å². The van der Waals surface area contributed by atoms with Gasteiger partial charge in [-0.1, -0.05) is 43.7 Å². The Kier molecular flexibility index (Phi) is 3.96. The molecule has 0 atom stereocenters. The molecule has 2 heteroatoms. The molecule has 0 radical (unpaired) electrons. The third-order valence-corrected chi connectivity index (χ3v) is 4.98. The highest BCUT2D eigenvalue weighted by Gasteiger charge is 2.15. The number of H-pyrrole nitrogens is 1. The quantitative estimate of drug-likeness (QED) is 0.470. The van der Waals surface area contributed by atoms with Crippen molar-refractivity contribution in [2.75, 3.05) is 7.11 Å². The zero-order valence-corrected chi connectivity index (χ0v) is 15.0. The van der Waals surface area contributed by atoms with Crippen LogP contribution >= 0.6 is 0 Å².